The Morgan fingerprint density at radius 3 is 2.28 bits per heavy atom. The van der Waals surface area contributed by atoms with E-state index in [4.69, 9.17) is 0 Å². The molecule has 1 saturated heterocycles. The van der Waals surface area contributed by atoms with E-state index in [9.17, 15) is 9.59 Å². The topological polar surface area (TPSA) is 53.0 Å². The molecule has 0 aliphatic carbocycles. The maximum Gasteiger partial charge on any atom is 0.244 e. The average molecular weight is 389 g/mol. The van der Waals surface area contributed by atoms with Crippen molar-refractivity contribution in [2.24, 2.45) is 11.0 Å². The van der Waals surface area contributed by atoms with Gasteiger partial charge in [0.15, 0.2) is 0 Å². The second kappa shape index (κ2) is 9.03. The first kappa shape index (κ1) is 19.4. The predicted octanol–water partition coefficient (Wildman–Crippen LogP) is 3.49. The van der Waals surface area contributed by atoms with E-state index < -0.39 is 0 Å². The molecule has 4 rings (SSSR count). The van der Waals surface area contributed by atoms with Crippen LogP contribution >= 0.6 is 0 Å². The van der Waals surface area contributed by atoms with Crippen LogP contribution in [0.25, 0.3) is 0 Å². The molecule has 150 valence electrons. The molecule has 5 heteroatoms. The zero-order valence-electron chi connectivity index (χ0n) is 16.7. The number of likely N-dealkylation sites (tertiary alicyclic amines) is 1. The molecule has 2 amide bonds. The van der Waals surface area contributed by atoms with Crippen LogP contribution in [0.3, 0.4) is 0 Å². The number of piperidine rings is 1. The van der Waals surface area contributed by atoms with Crippen LogP contribution in [0, 0.1) is 5.92 Å². The molecule has 0 spiro atoms. The van der Waals surface area contributed by atoms with Gasteiger partial charge >= 0.3 is 0 Å². The minimum atomic E-state index is -0.0722. The van der Waals surface area contributed by atoms with Gasteiger partial charge in [-0.2, -0.15) is 5.10 Å². The predicted molar refractivity (Wildman–Crippen MR) is 113 cm³/mol. The fourth-order valence-electron chi connectivity index (χ4n) is 4.12. The lowest BCUT2D eigenvalue weighted by molar-refractivity contribution is -0.141. The van der Waals surface area contributed by atoms with E-state index in [1.54, 1.807) is 0 Å². The van der Waals surface area contributed by atoms with Gasteiger partial charge in [0, 0.05) is 25.9 Å². The Kier molecular flexibility index (Phi) is 6.03. The van der Waals surface area contributed by atoms with E-state index in [1.165, 1.54) is 10.6 Å². The Labute approximate surface area is 172 Å². The molecule has 29 heavy (non-hydrogen) atoms. The monoisotopic (exact) mass is 389 g/mol. The molecule has 5 nitrogen and oxygen atoms in total. The Balaban J connectivity index is 1.32. The van der Waals surface area contributed by atoms with E-state index >= 15 is 0 Å². The van der Waals surface area contributed by atoms with Crippen molar-refractivity contribution in [3.63, 3.8) is 0 Å². The summed E-state index contributed by atoms with van der Waals surface area (Å²) in [6, 6.07) is 20.4. The molecule has 0 unspecified atom stereocenters. The summed E-state index contributed by atoms with van der Waals surface area (Å²) in [7, 11) is 0. The quantitative estimate of drug-likeness (QED) is 0.786. The molecule has 1 fully saturated rings. The van der Waals surface area contributed by atoms with Crippen LogP contribution in [0.4, 0.5) is 0 Å². The third-order valence-electron chi connectivity index (χ3n) is 5.83. The SMILES string of the molecule is O=C(CN1N=C(c2ccccc2)CCC1=O)N1CCC(Cc2ccccc2)CC1. The van der Waals surface area contributed by atoms with Crippen LogP contribution in [-0.4, -0.2) is 47.1 Å². The molecule has 2 heterocycles. The molecule has 0 saturated carbocycles. The van der Waals surface area contributed by atoms with Crippen molar-refractivity contribution < 1.29 is 9.59 Å². The van der Waals surface area contributed by atoms with Crippen molar-refractivity contribution in [1.29, 1.82) is 0 Å². The lowest BCUT2D eigenvalue weighted by atomic mass is 9.90. The number of hydrogen-bond acceptors (Lipinski definition) is 3. The third-order valence-corrected chi connectivity index (χ3v) is 5.83. The second-order valence-electron chi connectivity index (χ2n) is 7.88. The number of carbonyl (C=O) groups excluding carboxylic acids is 2. The van der Waals surface area contributed by atoms with Crippen LogP contribution in [0.1, 0.15) is 36.8 Å². The van der Waals surface area contributed by atoms with Crippen molar-refractivity contribution in [3.05, 3.63) is 71.8 Å². The molecular weight excluding hydrogens is 362 g/mol. The average Bonchev–Trinajstić information content (AvgIpc) is 2.77. The Morgan fingerprint density at radius 2 is 1.59 bits per heavy atom. The number of benzene rings is 2. The van der Waals surface area contributed by atoms with Gasteiger partial charge in [0.2, 0.25) is 11.8 Å². The molecule has 2 aromatic rings. The summed E-state index contributed by atoms with van der Waals surface area (Å²) >= 11 is 0. The lowest BCUT2D eigenvalue weighted by Gasteiger charge is -2.33. The molecule has 0 N–H and O–H groups in total. The van der Waals surface area contributed by atoms with E-state index in [-0.39, 0.29) is 18.4 Å². The molecule has 2 aromatic carbocycles. The minimum Gasteiger partial charge on any atom is -0.341 e. The standard InChI is InChI=1S/C24H27N3O2/c28-23-12-11-22(21-9-5-2-6-10-21)25-27(23)18-24(29)26-15-13-20(14-16-26)17-19-7-3-1-4-8-19/h1-10,20H,11-18H2. The fourth-order valence-corrected chi connectivity index (χ4v) is 4.12. The van der Waals surface area contributed by atoms with E-state index in [0.717, 1.165) is 43.6 Å². The van der Waals surface area contributed by atoms with Gasteiger partial charge in [-0.25, -0.2) is 5.01 Å². The summed E-state index contributed by atoms with van der Waals surface area (Å²) in [5, 5.41) is 5.86. The number of hydrogen-bond donors (Lipinski definition) is 0. The highest BCUT2D eigenvalue weighted by Gasteiger charge is 2.28. The van der Waals surface area contributed by atoms with Crippen molar-refractivity contribution in [1.82, 2.24) is 9.91 Å². The fraction of sp³-hybridized carbons (Fsp3) is 0.375. The summed E-state index contributed by atoms with van der Waals surface area (Å²) in [5.41, 5.74) is 3.25. The largest absolute Gasteiger partial charge is 0.341 e. The smallest absolute Gasteiger partial charge is 0.244 e. The van der Waals surface area contributed by atoms with Gasteiger partial charge in [0.25, 0.3) is 0 Å². The van der Waals surface area contributed by atoms with Gasteiger partial charge in [-0.05, 0) is 36.3 Å². The number of carbonyl (C=O) groups is 2. The first-order chi connectivity index (χ1) is 14.2. The molecular formula is C24H27N3O2. The third kappa shape index (κ3) is 4.91. The van der Waals surface area contributed by atoms with Crippen molar-refractivity contribution in [2.75, 3.05) is 19.6 Å². The van der Waals surface area contributed by atoms with Crippen molar-refractivity contribution >= 4 is 17.5 Å². The lowest BCUT2D eigenvalue weighted by Crippen LogP contribution is -2.45. The summed E-state index contributed by atoms with van der Waals surface area (Å²) in [5.74, 6) is 0.535. The molecule has 0 radical (unpaired) electrons. The van der Waals surface area contributed by atoms with Crippen molar-refractivity contribution in [3.8, 4) is 0 Å². The molecule has 0 bridgehead atoms. The second-order valence-corrected chi connectivity index (χ2v) is 7.88. The first-order valence-corrected chi connectivity index (χ1v) is 10.4. The highest BCUT2D eigenvalue weighted by atomic mass is 16.2. The minimum absolute atomic E-state index is 0.00503. The normalized spacial score (nSPS) is 17.9. The number of rotatable bonds is 5. The Hall–Kier alpha value is -2.95. The summed E-state index contributed by atoms with van der Waals surface area (Å²) in [4.78, 5) is 27.0. The molecule has 2 aliphatic rings. The van der Waals surface area contributed by atoms with Gasteiger partial charge < -0.3 is 4.90 Å². The first-order valence-electron chi connectivity index (χ1n) is 10.4. The summed E-state index contributed by atoms with van der Waals surface area (Å²) in [6.07, 6.45) is 4.11. The Morgan fingerprint density at radius 1 is 0.931 bits per heavy atom. The van der Waals surface area contributed by atoms with Gasteiger partial charge in [-0.3, -0.25) is 9.59 Å². The number of nitrogens with zero attached hydrogens (tertiary/aromatic N) is 3. The molecule has 0 aromatic heterocycles. The van der Waals surface area contributed by atoms with E-state index in [0.29, 0.717) is 18.8 Å². The maximum absolute atomic E-state index is 12.8. The van der Waals surface area contributed by atoms with Crippen LogP contribution in [0.2, 0.25) is 0 Å². The van der Waals surface area contributed by atoms with Gasteiger partial charge in [-0.15, -0.1) is 0 Å². The van der Waals surface area contributed by atoms with Gasteiger partial charge in [-0.1, -0.05) is 60.7 Å². The van der Waals surface area contributed by atoms with Crippen LogP contribution < -0.4 is 0 Å². The van der Waals surface area contributed by atoms with Gasteiger partial charge in [0.1, 0.15) is 6.54 Å². The zero-order chi connectivity index (χ0) is 20.1. The van der Waals surface area contributed by atoms with E-state index in [2.05, 4.69) is 29.4 Å². The highest BCUT2D eigenvalue weighted by Crippen LogP contribution is 2.22. The van der Waals surface area contributed by atoms with E-state index in [1.807, 2.05) is 41.3 Å². The number of hydrazone groups is 1. The Bertz CT molecular complexity index is 872. The van der Waals surface area contributed by atoms with Crippen molar-refractivity contribution in [2.45, 2.75) is 32.1 Å². The van der Waals surface area contributed by atoms with Crippen LogP contribution in [-0.2, 0) is 16.0 Å². The van der Waals surface area contributed by atoms with Crippen LogP contribution in [0.15, 0.2) is 65.8 Å². The molecule has 0 atom stereocenters. The molecule has 2 aliphatic heterocycles. The summed E-state index contributed by atoms with van der Waals surface area (Å²) < 4.78 is 0. The van der Waals surface area contributed by atoms with Gasteiger partial charge in [0.05, 0.1) is 5.71 Å². The highest BCUT2D eigenvalue weighted by molar-refractivity contribution is 6.04. The maximum atomic E-state index is 12.8. The van der Waals surface area contributed by atoms with Crippen LogP contribution in [0.5, 0.6) is 0 Å². The summed E-state index contributed by atoms with van der Waals surface area (Å²) in [6.45, 7) is 1.56. The number of amides is 2. The zero-order valence-corrected chi connectivity index (χ0v) is 16.7.